The van der Waals surface area contributed by atoms with E-state index >= 15 is 0 Å². The molecule has 1 saturated carbocycles. The van der Waals surface area contributed by atoms with Gasteiger partial charge in [-0.1, -0.05) is 0 Å². The third-order valence-electron chi connectivity index (χ3n) is 7.23. The first-order valence-corrected chi connectivity index (χ1v) is 11.3. The molecule has 0 spiro atoms. The summed E-state index contributed by atoms with van der Waals surface area (Å²) < 4.78 is 64.8. The number of amidine groups is 1. The Labute approximate surface area is 197 Å². The summed E-state index contributed by atoms with van der Waals surface area (Å²) in [7, 11) is 0. The molecule has 3 fully saturated rings. The first-order valence-electron chi connectivity index (χ1n) is 11.3. The van der Waals surface area contributed by atoms with Crippen molar-refractivity contribution >= 4 is 18.1 Å². The molecule has 0 aromatic carbocycles. The van der Waals surface area contributed by atoms with Crippen molar-refractivity contribution in [3.05, 3.63) is 35.8 Å². The number of H-pyrrole nitrogens is 1. The monoisotopic (exact) mass is 496 g/mol. The Bertz CT molecular complexity index is 1120. The molecule has 2 bridgehead atoms. The number of nitrogens with zero attached hydrogens (tertiary/aromatic N) is 6. The van der Waals surface area contributed by atoms with Gasteiger partial charge in [0.1, 0.15) is 0 Å². The van der Waals surface area contributed by atoms with Crippen molar-refractivity contribution in [3.63, 3.8) is 0 Å². The van der Waals surface area contributed by atoms with Gasteiger partial charge in [0.25, 0.3) is 0 Å². The number of nitrogens with one attached hydrogen (secondary N) is 1. The van der Waals surface area contributed by atoms with Crippen LogP contribution in [0.5, 0.6) is 0 Å². The van der Waals surface area contributed by atoms with Gasteiger partial charge in [0.2, 0.25) is 5.91 Å². The van der Waals surface area contributed by atoms with Crippen LogP contribution >= 0.6 is 0 Å². The van der Waals surface area contributed by atoms with Crippen molar-refractivity contribution in [2.45, 2.75) is 50.5 Å². The number of carbonyl (C=O) groups is 1. The maximum Gasteiger partial charge on any atom is 0.391 e. The van der Waals surface area contributed by atoms with Gasteiger partial charge in [0.05, 0.1) is 17.8 Å². The molecule has 2 aromatic heterocycles. The Morgan fingerprint density at radius 3 is 2.46 bits per heavy atom. The van der Waals surface area contributed by atoms with Crippen molar-refractivity contribution in [1.82, 2.24) is 24.6 Å². The van der Waals surface area contributed by atoms with E-state index in [1.54, 1.807) is 17.2 Å². The van der Waals surface area contributed by atoms with Crippen LogP contribution < -0.4 is 0 Å². The van der Waals surface area contributed by atoms with Crippen LogP contribution in [0.25, 0.3) is 16.5 Å². The maximum absolute atomic E-state index is 13.0. The van der Waals surface area contributed by atoms with E-state index in [2.05, 4.69) is 15.1 Å². The Hall–Kier alpha value is -3.25. The van der Waals surface area contributed by atoms with Crippen LogP contribution in [0.2, 0.25) is 0 Å². The number of hydrogen-bond donors (Lipinski definition) is 1. The van der Waals surface area contributed by atoms with Gasteiger partial charge in [-0.25, -0.2) is 4.68 Å². The molecule has 2 aliphatic heterocycles. The number of hydrogen-bond acceptors (Lipinski definition) is 2. The quantitative estimate of drug-likeness (QED) is 0.387. The summed E-state index contributed by atoms with van der Waals surface area (Å²) >= 11 is 0. The fourth-order valence-electron chi connectivity index (χ4n) is 5.39. The van der Waals surface area contributed by atoms with Gasteiger partial charge in [0.15, 0.2) is 0 Å². The van der Waals surface area contributed by atoms with Crippen molar-refractivity contribution in [2.24, 2.45) is 16.8 Å². The summed E-state index contributed by atoms with van der Waals surface area (Å²) in [6.07, 6.45) is 1.75. The molecule has 35 heavy (non-hydrogen) atoms. The molecule has 2 atom stereocenters. The molecule has 1 amide bonds. The van der Waals surface area contributed by atoms with Gasteiger partial charge in [-0.05, 0) is 31.7 Å². The van der Waals surface area contributed by atoms with Gasteiger partial charge >= 0.3 is 12.7 Å². The van der Waals surface area contributed by atoms with Gasteiger partial charge in [0, 0.05) is 60.4 Å². The van der Waals surface area contributed by atoms with Crippen LogP contribution in [-0.2, 0) is 4.79 Å². The number of halogens is 5. The second kappa shape index (κ2) is 8.76. The minimum absolute atomic E-state index is 0.151. The highest BCUT2D eigenvalue weighted by Crippen LogP contribution is 2.46. The number of aromatic amines is 1. The van der Waals surface area contributed by atoms with E-state index in [0.29, 0.717) is 46.8 Å². The zero-order valence-electron chi connectivity index (χ0n) is 18.5. The molecule has 4 heterocycles. The van der Waals surface area contributed by atoms with Crippen molar-refractivity contribution < 1.29 is 26.7 Å². The van der Waals surface area contributed by atoms with Gasteiger partial charge < -0.3 is 25.2 Å². The lowest BCUT2D eigenvalue weighted by Gasteiger charge is -2.46. The predicted molar refractivity (Wildman–Crippen MR) is 117 cm³/mol. The molecule has 5 rings (SSSR count). The average molecular weight is 496 g/mol. The van der Waals surface area contributed by atoms with Crippen molar-refractivity contribution in [2.75, 3.05) is 13.1 Å². The predicted octanol–water partition coefficient (Wildman–Crippen LogP) is 3.88. The molecule has 3 aliphatic rings. The van der Waals surface area contributed by atoms with E-state index < -0.39 is 24.6 Å². The molecule has 13 heteroatoms. The largest absolute Gasteiger partial charge is 0.472 e. The first-order chi connectivity index (χ1) is 16.7. The number of piperazine rings is 1. The molecule has 1 aliphatic carbocycles. The highest BCUT2D eigenvalue weighted by Gasteiger charge is 2.53. The molecular formula is C22H23F5N7O-. The maximum atomic E-state index is 13.0. The Morgan fingerprint density at radius 2 is 1.89 bits per heavy atom. The van der Waals surface area contributed by atoms with Crippen LogP contribution in [0.15, 0.2) is 29.6 Å². The molecular weight excluding hydrogens is 473 g/mol. The third-order valence-corrected chi connectivity index (χ3v) is 7.23. The van der Waals surface area contributed by atoms with E-state index in [4.69, 9.17) is 0 Å². The lowest BCUT2D eigenvalue weighted by Crippen LogP contribution is -2.59. The summed E-state index contributed by atoms with van der Waals surface area (Å²) in [6.45, 7) is -1.92. The topological polar surface area (TPSA) is 91.8 Å². The second-order valence-corrected chi connectivity index (χ2v) is 9.30. The summed E-state index contributed by atoms with van der Waals surface area (Å²) in [4.78, 5) is 23.8. The zero-order chi connectivity index (χ0) is 24.9. The first kappa shape index (κ1) is 23.5. The fourth-order valence-corrected chi connectivity index (χ4v) is 5.39. The second-order valence-electron chi connectivity index (χ2n) is 9.30. The van der Waals surface area contributed by atoms with Gasteiger partial charge in [-0.3, -0.25) is 4.79 Å². The van der Waals surface area contributed by atoms with Crippen molar-refractivity contribution in [3.8, 4) is 11.1 Å². The minimum Gasteiger partial charge on any atom is -0.472 e. The van der Waals surface area contributed by atoms with Gasteiger partial charge in [-0.2, -0.15) is 27.1 Å². The smallest absolute Gasteiger partial charge is 0.391 e. The lowest BCUT2D eigenvalue weighted by atomic mass is 9.73. The van der Waals surface area contributed by atoms with Crippen LogP contribution in [0.4, 0.5) is 22.0 Å². The highest BCUT2D eigenvalue weighted by atomic mass is 19.4. The molecule has 0 radical (unpaired) electrons. The van der Waals surface area contributed by atoms with Crippen LogP contribution in [0, 0.1) is 11.8 Å². The van der Waals surface area contributed by atoms with E-state index in [1.165, 1.54) is 12.4 Å². The number of aliphatic imine (C=N–C) groups is 1. The van der Waals surface area contributed by atoms with E-state index in [1.807, 2.05) is 4.90 Å². The number of amides is 1. The summed E-state index contributed by atoms with van der Waals surface area (Å²) in [5.74, 6) is -1.77. The third kappa shape index (κ3) is 4.31. The average Bonchev–Trinajstić information content (AvgIpc) is 3.47. The Balaban J connectivity index is 1.29. The molecule has 2 unspecified atom stereocenters. The zero-order valence-corrected chi connectivity index (χ0v) is 18.5. The fraction of sp³-hybridized carbons (Fsp3) is 0.545. The summed E-state index contributed by atoms with van der Waals surface area (Å²) in [5.41, 5.74) is 1.63. The standard InChI is InChI=1S/C22H23F5N7O/c23-21(24)33-8-14(7-31-33)13-5-18(29-6-13)19(30-11-28)32-9-16-1-2-17(10-32)34(16)20(35)12-3-15(4-12)22(25,26)27/h5-8,11-12,15-17,21,29H,1-4,9-10H2/q-1. The number of carbonyl (C=O) groups excluding carboxylic acids is 1. The van der Waals surface area contributed by atoms with E-state index in [-0.39, 0.29) is 30.8 Å². The van der Waals surface area contributed by atoms with Gasteiger partial charge in [-0.15, -0.1) is 6.34 Å². The van der Waals surface area contributed by atoms with Crippen molar-refractivity contribution in [1.29, 1.82) is 0 Å². The molecule has 8 nitrogen and oxygen atoms in total. The normalized spacial score (nSPS) is 26.9. The summed E-state index contributed by atoms with van der Waals surface area (Å²) in [6, 6.07) is 1.39. The van der Waals surface area contributed by atoms with E-state index in [0.717, 1.165) is 12.8 Å². The Kier molecular flexibility index (Phi) is 5.88. The van der Waals surface area contributed by atoms with Crippen LogP contribution in [-0.4, -0.2) is 74.0 Å². The molecule has 2 aromatic rings. The molecule has 188 valence electrons. The molecule has 1 N–H and O–H groups in total. The van der Waals surface area contributed by atoms with Crippen LogP contribution in [0.3, 0.4) is 0 Å². The molecule has 2 saturated heterocycles. The number of likely N-dealkylation sites (tertiary alicyclic amines) is 1. The van der Waals surface area contributed by atoms with E-state index in [9.17, 15) is 32.2 Å². The Morgan fingerprint density at radius 1 is 1.20 bits per heavy atom. The number of fused-ring (bicyclic) bond motifs is 2. The number of aromatic nitrogens is 3. The number of alkyl halides is 5. The summed E-state index contributed by atoms with van der Waals surface area (Å²) in [5, 5.41) is 13.0. The number of rotatable bonds is 5. The minimum atomic E-state index is -4.26. The lowest BCUT2D eigenvalue weighted by molar-refractivity contribution is -0.207. The highest BCUT2D eigenvalue weighted by molar-refractivity contribution is 6.02. The SMILES string of the molecule is [N-]=CN=C(c1cc(-c2cnn(C(F)F)c2)c[nH]1)N1CC2CCC(C1)N2C(=O)C1CC(C(F)(F)F)C1. The van der Waals surface area contributed by atoms with Crippen LogP contribution in [0.1, 0.15) is 37.9 Å².